The summed E-state index contributed by atoms with van der Waals surface area (Å²) in [7, 11) is -3.64. The maximum Gasteiger partial charge on any atom is 0.225 e. The van der Waals surface area contributed by atoms with Crippen LogP contribution in [0.4, 0.5) is 5.69 Å². The molecule has 1 N–H and O–H groups in total. The Kier molecular flexibility index (Phi) is 6.41. The lowest BCUT2D eigenvalue weighted by Crippen LogP contribution is -2.18. The summed E-state index contributed by atoms with van der Waals surface area (Å²) in [5.41, 5.74) is 3.80. The van der Waals surface area contributed by atoms with E-state index in [1.165, 1.54) is 5.56 Å². The van der Waals surface area contributed by atoms with Crippen LogP contribution in [0.15, 0.2) is 57.9 Å². The lowest BCUT2D eigenvalue weighted by Gasteiger charge is -2.10. The van der Waals surface area contributed by atoms with Gasteiger partial charge in [0.25, 0.3) is 0 Å². The zero-order valence-corrected chi connectivity index (χ0v) is 18.4. The largest absolute Gasteiger partial charge is 0.356 e. The van der Waals surface area contributed by atoms with Crippen LogP contribution in [0.2, 0.25) is 0 Å². The summed E-state index contributed by atoms with van der Waals surface area (Å²) in [5, 5.41) is 6.60. The number of aromatic nitrogens is 1. The van der Waals surface area contributed by atoms with Gasteiger partial charge >= 0.3 is 0 Å². The number of nitrogens with one attached hydrogen (secondary N) is 1. The molecule has 0 aliphatic rings. The highest BCUT2D eigenvalue weighted by Gasteiger charge is 2.20. The monoisotopic (exact) mass is 426 g/mol. The van der Waals surface area contributed by atoms with Gasteiger partial charge in [-0.05, 0) is 49.1 Å². The molecule has 0 bridgehead atoms. The highest BCUT2D eigenvalue weighted by atomic mass is 32.2. The van der Waals surface area contributed by atoms with Crippen molar-refractivity contribution < 1.29 is 17.7 Å². The van der Waals surface area contributed by atoms with Crippen LogP contribution in [-0.2, 0) is 14.6 Å². The molecular weight excluding hydrogens is 400 g/mol. The summed E-state index contributed by atoms with van der Waals surface area (Å²) in [6.45, 7) is 7.73. The van der Waals surface area contributed by atoms with Crippen LogP contribution < -0.4 is 5.32 Å². The van der Waals surface area contributed by atoms with E-state index >= 15 is 0 Å². The maximum absolute atomic E-state index is 12.9. The van der Waals surface area contributed by atoms with Crippen molar-refractivity contribution in [2.75, 3.05) is 11.1 Å². The van der Waals surface area contributed by atoms with Crippen molar-refractivity contribution in [2.45, 2.75) is 44.9 Å². The first-order chi connectivity index (χ1) is 14.2. The molecule has 0 saturated heterocycles. The predicted molar refractivity (Wildman–Crippen MR) is 117 cm³/mol. The standard InChI is InChI=1S/C23H26N2O4S/c1-15(2)18-7-9-20(10-8-18)24-23(26)11-12-30(27,28)22-14-19(6-5-16(22)3)21-13-17(4)25-29-21/h5-10,13-15H,11-12H2,1-4H3,(H,24,26). The average Bonchev–Trinajstić information content (AvgIpc) is 3.13. The summed E-state index contributed by atoms with van der Waals surface area (Å²) >= 11 is 0. The summed E-state index contributed by atoms with van der Waals surface area (Å²) in [5.74, 6) is 0.296. The second kappa shape index (κ2) is 8.83. The molecule has 6 nitrogen and oxygen atoms in total. The number of rotatable bonds is 7. The van der Waals surface area contributed by atoms with Gasteiger partial charge in [0, 0.05) is 23.7 Å². The minimum atomic E-state index is -3.64. The van der Waals surface area contributed by atoms with Gasteiger partial charge < -0.3 is 9.84 Å². The van der Waals surface area contributed by atoms with E-state index in [2.05, 4.69) is 24.3 Å². The molecule has 3 aromatic rings. The Hall–Kier alpha value is -2.93. The Morgan fingerprint density at radius 3 is 2.37 bits per heavy atom. The van der Waals surface area contributed by atoms with E-state index in [9.17, 15) is 13.2 Å². The number of hydrogen-bond acceptors (Lipinski definition) is 5. The van der Waals surface area contributed by atoms with Gasteiger partial charge in [-0.15, -0.1) is 0 Å². The molecule has 1 amide bonds. The fourth-order valence-corrected chi connectivity index (χ4v) is 4.64. The highest BCUT2D eigenvalue weighted by Crippen LogP contribution is 2.27. The minimum Gasteiger partial charge on any atom is -0.356 e. The Morgan fingerprint density at radius 2 is 1.77 bits per heavy atom. The van der Waals surface area contributed by atoms with Crippen molar-refractivity contribution in [3.05, 3.63) is 65.4 Å². The van der Waals surface area contributed by atoms with Gasteiger partial charge in [0.15, 0.2) is 15.6 Å². The first-order valence-electron chi connectivity index (χ1n) is 9.82. The van der Waals surface area contributed by atoms with Crippen LogP contribution in [0.3, 0.4) is 0 Å². The molecule has 1 heterocycles. The number of amides is 1. The molecule has 0 atom stereocenters. The predicted octanol–water partition coefficient (Wildman–Crippen LogP) is 4.88. The van der Waals surface area contributed by atoms with Gasteiger partial charge in [-0.1, -0.05) is 43.3 Å². The normalized spacial score (nSPS) is 11.6. The number of anilines is 1. The van der Waals surface area contributed by atoms with Crippen LogP contribution in [0.25, 0.3) is 11.3 Å². The first-order valence-corrected chi connectivity index (χ1v) is 11.5. The van der Waals surface area contributed by atoms with Crippen LogP contribution >= 0.6 is 0 Å². The van der Waals surface area contributed by atoms with E-state index in [1.54, 1.807) is 38.1 Å². The lowest BCUT2D eigenvalue weighted by atomic mass is 10.0. The summed E-state index contributed by atoms with van der Waals surface area (Å²) in [6, 6.07) is 14.4. The Labute approximate surface area is 177 Å². The van der Waals surface area contributed by atoms with Crippen LogP contribution in [-0.4, -0.2) is 25.2 Å². The number of benzene rings is 2. The molecule has 0 radical (unpaired) electrons. The fourth-order valence-electron chi connectivity index (χ4n) is 3.10. The number of aryl methyl sites for hydroxylation is 2. The smallest absolute Gasteiger partial charge is 0.225 e. The number of hydrogen-bond donors (Lipinski definition) is 1. The Bertz CT molecular complexity index is 1150. The molecule has 0 fully saturated rings. The molecule has 0 aliphatic carbocycles. The van der Waals surface area contributed by atoms with Gasteiger partial charge in [-0.2, -0.15) is 0 Å². The van der Waals surface area contributed by atoms with Crippen LogP contribution in [0, 0.1) is 13.8 Å². The first kappa shape index (κ1) is 21.8. The topological polar surface area (TPSA) is 89.3 Å². The summed E-state index contributed by atoms with van der Waals surface area (Å²) < 4.78 is 31.0. The van der Waals surface area contributed by atoms with Crippen LogP contribution in [0.1, 0.15) is 43.0 Å². The van der Waals surface area contributed by atoms with Gasteiger partial charge in [-0.3, -0.25) is 4.79 Å². The quantitative estimate of drug-likeness (QED) is 0.581. The van der Waals surface area contributed by atoms with Crippen molar-refractivity contribution in [1.82, 2.24) is 5.16 Å². The molecule has 0 spiro atoms. The molecule has 158 valence electrons. The fraction of sp³-hybridized carbons (Fsp3) is 0.304. The molecule has 2 aromatic carbocycles. The third-order valence-corrected chi connectivity index (χ3v) is 6.75. The van der Waals surface area contributed by atoms with E-state index in [0.29, 0.717) is 34.2 Å². The number of carbonyl (C=O) groups excluding carboxylic acids is 1. The molecular formula is C23H26N2O4S. The Morgan fingerprint density at radius 1 is 1.07 bits per heavy atom. The van der Waals surface area contributed by atoms with Crippen molar-refractivity contribution in [3.63, 3.8) is 0 Å². The summed E-state index contributed by atoms with van der Waals surface area (Å²) in [6.07, 6.45) is -0.126. The average molecular weight is 427 g/mol. The van der Waals surface area contributed by atoms with Gasteiger partial charge in [0.1, 0.15) is 0 Å². The highest BCUT2D eigenvalue weighted by molar-refractivity contribution is 7.91. The Balaban J connectivity index is 1.69. The third-order valence-electron chi connectivity index (χ3n) is 4.89. The minimum absolute atomic E-state index is 0.126. The summed E-state index contributed by atoms with van der Waals surface area (Å²) in [4.78, 5) is 12.5. The number of carbonyl (C=O) groups is 1. The molecule has 30 heavy (non-hydrogen) atoms. The van der Waals surface area contributed by atoms with E-state index in [-0.39, 0.29) is 23.0 Å². The van der Waals surface area contributed by atoms with E-state index in [4.69, 9.17) is 4.52 Å². The van der Waals surface area contributed by atoms with Crippen molar-refractivity contribution in [2.24, 2.45) is 0 Å². The van der Waals surface area contributed by atoms with Gasteiger partial charge in [-0.25, -0.2) is 8.42 Å². The van der Waals surface area contributed by atoms with E-state index < -0.39 is 9.84 Å². The zero-order valence-electron chi connectivity index (χ0n) is 17.6. The molecule has 3 rings (SSSR count). The molecule has 0 unspecified atom stereocenters. The lowest BCUT2D eigenvalue weighted by molar-refractivity contribution is -0.115. The molecule has 0 saturated carbocycles. The number of nitrogens with zero attached hydrogens (tertiary/aromatic N) is 1. The zero-order chi connectivity index (χ0) is 21.9. The SMILES string of the molecule is Cc1cc(-c2ccc(C)c(S(=O)(=O)CCC(=O)Nc3ccc(C(C)C)cc3)c2)on1. The van der Waals surface area contributed by atoms with Gasteiger partial charge in [0.2, 0.25) is 5.91 Å². The van der Waals surface area contributed by atoms with Crippen molar-refractivity contribution in [3.8, 4) is 11.3 Å². The van der Waals surface area contributed by atoms with E-state index in [1.807, 2.05) is 24.3 Å². The van der Waals surface area contributed by atoms with Crippen molar-refractivity contribution >= 4 is 21.4 Å². The molecule has 1 aromatic heterocycles. The van der Waals surface area contributed by atoms with Gasteiger partial charge in [0.05, 0.1) is 16.3 Å². The number of sulfone groups is 1. The third kappa shape index (κ3) is 5.16. The second-order valence-corrected chi connectivity index (χ2v) is 9.78. The van der Waals surface area contributed by atoms with E-state index in [0.717, 1.165) is 0 Å². The van der Waals surface area contributed by atoms with Crippen molar-refractivity contribution in [1.29, 1.82) is 0 Å². The maximum atomic E-state index is 12.9. The van der Waals surface area contributed by atoms with Crippen LogP contribution in [0.5, 0.6) is 0 Å². The molecule has 7 heteroatoms. The molecule has 0 aliphatic heterocycles. The second-order valence-electron chi connectivity index (χ2n) is 7.71.